The standard InChI is InChI=1S/C15H21NO3/c1-3-14-11(6-7-19-14)9-16-15(18)12-8-10(2)4-5-13(12)17/h4-5,8,11,14,17H,3,6-7,9H2,1-2H3,(H,16,18). The number of benzene rings is 1. The third-order valence-corrected chi connectivity index (χ3v) is 3.67. The monoisotopic (exact) mass is 263 g/mol. The number of amides is 1. The highest BCUT2D eigenvalue weighted by molar-refractivity contribution is 5.96. The zero-order valence-corrected chi connectivity index (χ0v) is 11.5. The van der Waals surface area contributed by atoms with E-state index in [1.54, 1.807) is 18.2 Å². The highest BCUT2D eigenvalue weighted by Crippen LogP contribution is 2.23. The predicted molar refractivity (Wildman–Crippen MR) is 73.3 cm³/mol. The van der Waals surface area contributed by atoms with E-state index in [4.69, 9.17) is 4.74 Å². The molecule has 0 saturated carbocycles. The van der Waals surface area contributed by atoms with Crippen molar-refractivity contribution in [2.75, 3.05) is 13.2 Å². The summed E-state index contributed by atoms with van der Waals surface area (Å²) in [5.74, 6) is 0.182. The Morgan fingerprint density at radius 1 is 1.53 bits per heavy atom. The van der Waals surface area contributed by atoms with Gasteiger partial charge in [-0.2, -0.15) is 0 Å². The van der Waals surface area contributed by atoms with Gasteiger partial charge in [-0.1, -0.05) is 18.6 Å². The van der Waals surface area contributed by atoms with Gasteiger partial charge in [-0.3, -0.25) is 4.79 Å². The van der Waals surface area contributed by atoms with E-state index in [1.807, 2.05) is 6.92 Å². The summed E-state index contributed by atoms with van der Waals surface area (Å²) in [5, 5.41) is 12.6. The highest BCUT2D eigenvalue weighted by atomic mass is 16.5. The molecule has 1 aliphatic rings. The average molecular weight is 263 g/mol. The maximum atomic E-state index is 12.1. The molecule has 0 aliphatic carbocycles. The Balaban J connectivity index is 1.96. The zero-order valence-electron chi connectivity index (χ0n) is 11.5. The van der Waals surface area contributed by atoms with Crippen LogP contribution in [0.25, 0.3) is 0 Å². The van der Waals surface area contributed by atoms with Crippen molar-refractivity contribution in [3.05, 3.63) is 29.3 Å². The van der Waals surface area contributed by atoms with E-state index in [1.165, 1.54) is 0 Å². The molecule has 0 bridgehead atoms. The molecule has 1 heterocycles. The Labute approximate surface area is 113 Å². The van der Waals surface area contributed by atoms with Crippen LogP contribution in [0, 0.1) is 12.8 Å². The molecule has 4 nitrogen and oxygen atoms in total. The van der Waals surface area contributed by atoms with Crippen LogP contribution in [0.1, 0.15) is 35.7 Å². The number of carbonyl (C=O) groups is 1. The third-order valence-electron chi connectivity index (χ3n) is 3.67. The van der Waals surface area contributed by atoms with E-state index in [2.05, 4.69) is 12.2 Å². The molecule has 1 aromatic carbocycles. The van der Waals surface area contributed by atoms with Crippen molar-refractivity contribution < 1.29 is 14.6 Å². The van der Waals surface area contributed by atoms with Gasteiger partial charge in [0.1, 0.15) is 5.75 Å². The lowest BCUT2D eigenvalue weighted by atomic mass is 9.99. The van der Waals surface area contributed by atoms with Gasteiger partial charge in [-0.15, -0.1) is 0 Å². The number of nitrogens with one attached hydrogen (secondary N) is 1. The second-order valence-corrected chi connectivity index (χ2v) is 5.10. The Morgan fingerprint density at radius 3 is 3.05 bits per heavy atom. The van der Waals surface area contributed by atoms with E-state index in [9.17, 15) is 9.90 Å². The normalized spacial score (nSPS) is 22.4. The predicted octanol–water partition coefficient (Wildman–Crippen LogP) is 2.25. The van der Waals surface area contributed by atoms with Crippen molar-refractivity contribution >= 4 is 5.91 Å². The third kappa shape index (κ3) is 3.26. The number of aromatic hydroxyl groups is 1. The molecule has 4 heteroatoms. The fourth-order valence-electron chi connectivity index (χ4n) is 2.53. The van der Waals surface area contributed by atoms with Crippen LogP contribution in [-0.2, 0) is 4.74 Å². The van der Waals surface area contributed by atoms with Crippen molar-refractivity contribution in [2.24, 2.45) is 5.92 Å². The van der Waals surface area contributed by atoms with Gasteiger partial charge in [-0.05, 0) is 31.9 Å². The van der Waals surface area contributed by atoms with Crippen molar-refractivity contribution in [1.82, 2.24) is 5.32 Å². The average Bonchev–Trinajstić information content (AvgIpc) is 2.86. The van der Waals surface area contributed by atoms with Crippen LogP contribution >= 0.6 is 0 Å². The van der Waals surface area contributed by atoms with E-state index >= 15 is 0 Å². The maximum Gasteiger partial charge on any atom is 0.255 e. The van der Waals surface area contributed by atoms with Crippen molar-refractivity contribution in [3.8, 4) is 5.75 Å². The quantitative estimate of drug-likeness (QED) is 0.876. The molecule has 1 aliphatic heterocycles. The molecule has 104 valence electrons. The summed E-state index contributed by atoms with van der Waals surface area (Å²) in [6.45, 7) is 5.37. The maximum absolute atomic E-state index is 12.1. The van der Waals surface area contributed by atoms with Crippen LogP contribution in [0.3, 0.4) is 0 Å². The Hall–Kier alpha value is -1.55. The van der Waals surface area contributed by atoms with Gasteiger partial charge in [0.05, 0.1) is 11.7 Å². The lowest BCUT2D eigenvalue weighted by Gasteiger charge is -2.17. The molecule has 2 unspecified atom stereocenters. The minimum Gasteiger partial charge on any atom is -0.507 e. The summed E-state index contributed by atoms with van der Waals surface area (Å²) in [6, 6.07) is 5.04. The molecular weight excluding hydrogens is 242 g/mol. The molecule has 2 N–H and O–H groups in total. The van der Waals surface area contributed by atoms with Gasteiger partial charge in [0.2, 0.25) is 0 Å². The van der Waals surface area contributed by atoms with E-state index in [0.717, 1.165) is 25.0 Å². The first-order valence-electron chi connectivity index (χ1n) is 6.81. The molecule has 0 radical (unpaired) electrons. The molecule has 0 aromatic heterocycles. The van der Waals surface area contributed by atoms with E-state index < -0.39 is 0 Å². The number of phenols is 1. The van der Waals surface area contributed by atoms with Crippen LogP contribution in [0.5, 0.6) is 5.75 Å². The van der Waals surface area contributed by atoms with Crippen LogP contribution in [-0.4, -0.2) is 30.3 Å². The zero-order chi connectivity index (χ0) is 13.8. The first kappa shape index (κ1) is 13.9. The Bertz CT molecular complexity index is 459. The van der Waals surface area contributed by atoms with Gasteiger partial charge < -0.3 is 15.2 Å². The van der Waals surface area contributed by atoms with Gasteiger partial charge in [0, 0.05) is 19.1 Å². The summed E-state index contributed by atoms with van der Waals surface area (Å²) in [6.07, 6.45) is 2.20. The number of rotatable bonds is 4. The minimum absolute atomic E-state index is 0.0258. The summed E-state index contributed by atoms with van der Waals surface area (Å²) in [4.78, 5) is 12.1. The lowest BCUT2D eigenvalue weighted by molar-refractivity contribution is 0.0826. The van der Waals surface area contributed by atoms with Crippen molar-refractivity contribution in [1.29, 1.82) is 0 Å². The van der Waals surface area contributed by atoms with Gasteiger partial charge in [0.25, 0.3) is 5.91 Å². The summed E-state index contributed by atoms with van der Waals surface area (Å²) in [5.41, 5.74) is 1.30. The fraction of sp³-hybridized carbons (Fsp3) is 0.533. The topological polar surface area (TPSA) is 58.6 Å². The number of hydrogen-bond acceptors (Lipinski definition) is 3. The van der Waals surface area contributed by atoms with E-state index in [-0.39, 0.29) is 17.8 Å². The van der Waals surface area contributed by atoms with Crippen LogP contribution in [0.2, 0.25) is 0 Å². The van der Waals surface area contributed by atoms with Gasteiger partial charge >= 0.3 is 0 Å². The lowest BCUT2D eigenvalue weighted by Crippen LogP contribution is -2.32. The van der Waals surface area contributed by atoms with Crippen LogP contribution in [0.15, 0.2) is 18.2 Å². The first-order valence-corrected chi connectivity index (χ1v) is 6.81. The first-order chi connectivity index (χ1) is 9.11. The summed E-state index contributed by atoms with van der Waals surface area (Å²) in [7, 11) is 0. The number of aryl methyl sites for hydroxylation is 1. The van der Waals surface area contributed by atoms with Gasteiger partial charge in [-0.25, -0.2) is 0 Å². The van der Waals surface area contributed by atoms with Crippen LogP contribution < -0.4 is 5.32 Å². The summed E-state index contributed by atoms with van der Waals surface area (Å²) >= 11 is 0. The molecule has 2 atom stereocenters. The molecule has 1 saturated heterocycles. The van der Waals surface area contributed by atoms with Crippen molar-refractivity contribution in [2.45, 2.75) is 32.8 Å². The smallest absolute Gasteiger partial charge is 0.255 e. The number of hydrogen-bond donors (Lipinski definition) is 2. The number of carbonyl (C=O) groups excluding carboxylic acids is 1. The Morgan fingerprint density at radius 2 is 2.32 bits per heavy atom. The number of phenolic OH excluding ortho intramolecular Hbond substituents is 1. The fourth-order valence-corrected chi connectivity index (χ4v) is 2.53. The molecular formula is C15H21NO3. The molecule has 0 spiro atoms. The molecule has 1 fully saturated rings. The second kappa shape index (κ2) is 6.06. The molecule has 1 aromatic rings. The largest absolute Gasteiger partial charge is 0.507 e. The number of ether oxygens (including phenoxy) is 1. The minimum atomic E-state index is -0.219. The molecule has 19 heavy (non-hydrogen) atoms. The van der Waals surface area contributed by atoms with Crippen LogP contribution in [0.4, 0.5) is 0 Å². The molecule has 1 amide bonds. The SMILES string of the molecule is CCC1OCCC1CNC(=O)c1cc(C)ccc1O. The summed E-state index contributed by atoms with van der Waals surface area (Å²) < 4.78 is 5.59. The van der Waals surface area contributed by atoms with E-state index in [0.29, 0.717) is 18.0 Å². The second-order valence-electron chi connectivity index (χ2n) is 5.10. The van der Waals surface area contributed by atoms with Gasteiger partial charge in [0.15, 0.2) is 0 Å². The Kier molecular flexibility index (Phi) is 4.43. The van der Waals surface area contributed by atoms with Crippen molar-refractivity contribution in [3.63, 3.8) is 0 Å². The highest BCUT2D eigenvalue weighted by Gasteiger charge is 2.27. The molecule has 2 rings (SSSR count).